The Labute approximate surface area is 165 Å². The van der Waals surface area contributed by atoms with Crippen LogP contribution in [-0.4, -0.2) is 54.3 Å². The molecule has 1 amide bonds. The van der Waals surface area contributed by atoms with Gasteiger partial charge < -0.3 is 15.0 Å². The lowest BCUT2D eigenvalue weighted by Gasteiger charge is -2.23. The fraction of sp³-hybridized carbons (Fsp3) is 0.381. The van der Waals surface area contributed by atoms with Gasteiger partial charge >= 0.3 is 5.97 Å². The molecule has 1 aromatic carbocycles. The molecular weight excluding hydrogens is 358 g/mol. The molecule has 1 heterocycles. The smallest absolute Gasteiger partial charge is 0.339 e. The molecule has 0 saturated carbocycles. The molecule has 150 valence electrons. The molecule has 28 heavy (non-hydrogen) atoms. The lowest BCUT2D eigenvalue weighted by atomic mass is 10.0. The molecule has 0 bridgehead atoms. The van der Waals surface area contributed by atoms with Crippen molar-refractivity contribution in [2.24, 2.45) is 0 Å². The number of aromatic amines is 1. The Kier molecular flexibility index (Phi) is 6.75. The van der Waals surface area contributed by atoms with Crippen LogP contribution in [0, 0.1) is 20.8 Å². The number of methoxy groups -OCH3 is 1. The minimum atomic E-state index is -0.550. The van der Waals surface area contributed by atoms with Gasteiger partial charge in [-0.25, -0.2) is 4.79 Å². The lowest BCUT2D eigenvalue weighted by Crippen LogP contribution is -2.41. The van der Waals surface area contributed by atoms with Crippen LogP contribution in [0.15, 0.2) is 24.3 Å². The van der Waals surface area contributed by atoms with Crippen molar-refractivity contribution in [2.75, 3.05) is 26.0 Å². The fourth-order valence-electron chi connectivity index (χ4n) is 3.01. The first-order valence-corrected chi connectivity index (χ1v) is 9.04. The number of anilines is 1. The van der Waals surface area contributed by atoms with Crippen LogP contribution in [0.3, 0.4) is 0 Å². The molecule has 2 aromatic rings. The second kappa shape index (κ2) is 8.84. The van der Waals surface area contributed by atoms with Crippen LogP contribution in [-0.2, 0) is 9.53 Å². The van der Waals surface area contributed by atoms with E-state index < -0.39 is 12.0 Å². The number of aromatic nitrogens is 1. The van der Waals surface area contributed by atoms with E-state index in [2.05, 4.69) is 10.3 Å². The number of ether oxygens (including phenoxy) is 1. The van der Waals surface area contributed by atoms with E-state index in [1.807, 2.05) is 31.2 Å². The van der Waals surface area contributed by atoms with E-state index in [1.165, 1.54) is 7.11 Å². The van der Waals surface area contributed by atoms with Gasteiger partial charge in [-0.3, -0.25) is 14.5 Å². The number of aryl methyl sites for hydroxylation is 2. The molecule has 0 radical (unpaired) electrons. The van der Waals surface area contributed by atoms with Gasteiger partial charge in [-0.05, 0) is 52.4 Å². The van der Waals surface area contributed by atoms with E-state index in [0.29, 0.717) is 28.2 Å². The maximum atomic E-state index is 12.9. The number of benzene rings is 1. The topological polar surface area (TPSA) is 91.5 Å². The summed E-state index contributed by atoms with van der Waals surface area (Å²) < 4.78 is 4.78. The van der Waals surface area contributed by atoms with Gasteiger partial charge in [0.1, 0.15) is 0 Å². The minimum absolute atomic E-state index is 0.0589. The predicted molar refractivity (Wildman–Crippen MR) is 108 cm³/mol. The summed E-state index contributed by atoms with van der Waals surface area (Å²) in [6.07, 6.45) is 0. The number of H-pyrrole nitrogens is 1. The largest absolute Gasteiger partial charge is 0.465 e. The normalized spacial score (nSPS) is 12.0. The van der Waals surface area contributed by atoms with Gasteiger partial charge in [0.25, 0.3) is 0 Å². The van der Waals surface area contributed by atoms with E-state index in [-0.39, 0.29) is 18.2 Å². The van der Waals surface area contributed by atoms with Gasteiger partial charge in [-0.15, -0.1) is 0 Å². The predicted octanol–water partition coefficient (Wildman–Crippen LogP) is 2.87. The summed E-state index contributed by atoms with van der Waals surface area (Å²) in [6.45, 7) is 7.19. The second-order valence-electron chi connectivity index (χ2n) is 6.99. The molecule has 0 aliphatic heterocycles. The number of Topliss-reactive ketones (excluding diaryl/α,β-unsaturated/α-hetero) is 1. The Morgan fingerprint density at radius 1 is 1.14 bits per heavy atom. The van der Waals surface area contributed by atoms with Gasteiger partial charge in [-0.2, -0.15) is 0 Å². The molecule has 2 N–H and O–H groups in total. The summed E-state index contributed by atoms with van der Waals surface area (Å²) in [5.41, 5.74) is 3.69. The third kappa shape index (κ3) is 4.67. The van der Waals surface area contributed by atoms with E-state index in [1.54, 1.807) is 32.7 Å². The van der Waals surface area contributed by atoms with Crippen molar-refractivity contribution in [2.45, 2.75) is 33.7 Å². The van der Waals surface area contributed by atoms with Crippen molar-refractivity contribution >= 4 is 23.3 Å². The summed E-state index contributed by atoms with van der Waals surface area (Å²) in [5, 5.41) is 2.82. The van der Waals surface area contributed by atoms with Gasteiger partial charge in [0.05, 0.1) is 31.0 Å². The second-order valence-corrected chi connectivity index (χ2v) is 6.99. The number of likely N-dealkylation sites (N-methyl/N-ethyl adjacent to an activating group) is 1. The SMILES string of the molecule is COC(=O)c1c(C)[nH]c(C(=O)C(C)N(C)CC(=O)Nc2ccc(C)cc2)c1C. The molecule has 0 fully saturated rings. The zero-order valence-electron chi connectivity index (χ0n) is 17.2. The van der Waals surface area contributed by atoms with Gasteiger partial charge in [0.15, 0.2) is 5.78 Å². The summed E-state index contributed by atoms with van der Waals surface area (Å²) >= 11 is 0. The third-order valence-electron chi connectivity index (χ3n) is 4.84. The first-order chi connectivity index (χ1) is 13.1. The van der Waals surface area contributed by atoms with Crippen LogP contribution in [0.4, 0.5) is 5.69 Å². The lowest BCUT2D eigenvalue weighted by molar-refractivity contribution is -0.117. The molecule has 7 nitrogen and oxygen atoms in total. The zero-order valence-corrected chi connectivity index (χ0v) is 17.2. The highest BCUT2D eigenvalue weighted by molar-refractivity contribution is 6.04. The number of esters is 1. The van der Waals surface area contributed by atoms with Crippen molar-refractivity contribution in [1.82, 2.24) is 9.88 Å². The van der Waals surface area contributed by atoms with Gasteiger partial charge in [0.2, 0.25) is 5.91 Å². The standard InChI is InChI=1S/C21H27N3O4/c1-12-7-9-16(10-8-12)23-17(25)11-24(5)15(4)20(26)19-13(2)18(14(3)22-19)21(27)28-6/h7-10,15,22H,11H2,1-6H3,(H,23,25). The average molecular weight is 385 g/mol. The van der Waals surface area contributed by atoms with Crippen LogP contribution in [0.1, 0.15) is 44.6 Å². The zero-order chi connectivity index (χ0) is 21.0. The Bertz CT molecular complexity index is 884. The third-order valence-corrected chi connectivity index (χ3v) is 4.84. The summed E-state index contributed by atoms with van der Waals surface area (Å²) in [7, 11) is 3.02. The number of nitrogens with one attached hydrogen (secondary N) is 2. The van der Waals surface area contributed by atoms with E-state index >= 15 is 0 Å². The first kappa shape index (κ1) is 21.4. The van der Waals surface area contributed by atoms with Crippen LogP contribution in [0.5, 0.6) is 0 Å². The van der Waals surface area contributed by atoms with Crippen molar-refractivity contribution in [3.8, 4) is 0 Å². The van der Waals surface area contributed by atoms with Gasteiger partial charge in [-0.1, -0.05) is 17.7 Å². The average Bonchev–Trinajstić information content (AvgIpc) is 2.95. The number of hydrogen-bond acceptors (Lipinski definition) is 5. The number of carbonyl (C=O) groups is 3. The number of carbonyl (C=O) groups excluding carboxylic acids is 3. The van der Waals surface area contributed by atoms with Crippen molar-refractivity contribution < 1.29 is 19.1 Å². The maximum absolute atomic E-state index is 12.9. The first-order valence-electron chi connectivity index (χ1n) is 9.04. The highest BCUT2D eigenvalue weighted by Gasteiger charge is 2.27. The molecule has 0 spiro atoms. The minimum Gasteiger partial charge on any atom is -0.465 e. The maximum Gasteiger partial charge on any atom is 0.339 e. The Balaban J connectivity index is 2.07. The Morgan fingerprint density at radius 2 is 1.75 bits per heavy atom. The Morgan fingerprint density at radius 3 is 2.32 bits per heavy atom. The van der Waals surface area contributed by atoms with Crippen molar-refractivity contribution in [3.63, 3.8) is 0 Å². The molecule has 1 atom stereocenters. The van der Waals surface area contributed by atoms with Crippen LogP contribution < -0.4 is 5.32 Å². The summed E-state index contributed by atoms with van der Waals surface area (Å²) in [4.78, 5) is 41.8. The Hall–Kier alpha value is -2.93. The molecule has 2 rings (SSSR count). The molecule has 7 heteroatoms. The van der Waals surface area contributed by atoms with E-state index in [0.717, 1.165) is 5.56 Å². The van der Waals surface area contributed by atoms with Gasteiger partial charge in [0, 0.05) is 11.4 Å². The molecule has 1 unspecified atom stereocenters. The summed E-state index contributed by atoms with van der Waals surface area (Å²) in [6, 6.07) is 6.95. The number of amides is 1. The van der Waals surface area contributed by atoms with E-state index in [4.69, 9.17) is 4.74 Å². The van der Waals surface area contributed by atoms with Crippen molar-refractivity contribution in [1.29, 1.82) is 0 Å². The molecule has 0 saturated heterocycles. The molecule has 0 aliphatic carbocycles. The highest BCUT2D eigenvalue weighted by atomic mass is 16.5. The number of ketones is 1. The van der Waals surface area contributed by atoms with Crippen LogP contribution >= 0.6 is 0 Å². The highest BCUT2D eigenvalue weighted by Crippen LogP contribution is 2.21. The molecular formula is C21H27N3O4. The monoisotopic (exact) mass is 385 g/mol. The number of hydrogen-bond donors (Lipinski definition) is 2. The fourth-order valence-corrected chi connectivity index (χ4v) is 3.01. The quantitative estimate of drug-likeness (QED) is 0.565. The number of nitrogens with zero attached hydrogens (tertiary/aromatic N) is 1. The van der Waals surface area contributed by atoms with Crippen LogP contribution in [0.25, 0.3) is 0 Å². The van der Waals surface area contributed by atoms with E-state index in [9.17, 15) is 14.4 Å². The number of rotatable bonds is 7. The van der Waals surface area contributed by atoms with Crippen molar-refractivity contribution in [3.05, 3.63) is 52.3 Å². The molecule has 1 aromatic heterocycles. The molecule has 0 aliphatic rings. The van der Waals surface area contributed by atoms with Crippen LogP contribution in [0.2, 0.25) is 0 Å². The summed E-state index contributed by atoms with van der Waals surface area (Å²) in [5.74, 6) is -0.884.